The number of hydrogen-bond donors (Lipinski definition) is 2. The van der Waals surface area contributed by atoms with Crippen LogP contribution in [0, 0.1) is 6.92 Å². The highest BCUT2D eigenvalue weighted by Gasteiger charge is 2.32. The molecule has 0 saturated carbocycles. The van der Waals surface area contributed by atoms with E-state index < -0.39 is 0 Å². The van der Waals surface area contributed by atoms with E-state index in [1.54, 1.807) is 6.20 Å². The molecule has 6 heteroatoms. The van der Waals surface area contributed by atoms with Crippen LogP contribution in [0.4, 0.5) is 4.79 Å². The van der Waals surface area contributed by atoms with Crippen molar-refractivity contribution in [3.8, 4) is 0 Å². The van der Waals surface area contributed by atoms with Gasteiger partial charge in [-0.25, -0.2) is 9.78 Å². The smallest absolute Gasteiger partial charge is 0.318 e. The number of H-pyrrole nitrogens is 1. The predicted molar refractivity (Wildman–Crippen MR) is 101 cm³/mol. The molecule has 4 rings (SSSR count). The van der Waals surface area contributed by atoms with E-state index in [-0.39, 0.29) is 12.1 Å². The second-order valence-corrected chi connectivity index (χ2v) is 6.74. The van der Waals surface area contributed by atoms with Crippen molar-refractivity contribution in [3.05, 3.63) is 59.7 Å². The number of urea groups is 1. The third-order valence-electron chi connectivity index (χ3n) is 4.99. The van der Waals surface area contributed by atoms with Crippen molar-refractivity contribution < 1.29 is 4.79 Å². The molecule has 0 spiro atoms. The fourth-order valence-corrected chi connectivity index (χ4v) is 3.59. The topological polar surface area (TPSA) is 73.9 Å². The highest BCUT2D eigenvalue weighted by atomic mass is 16.2. The Morgan fingerprint density at radius 1 is 1.31 bits per heavy atom. The minimum Gasteiger partial charge on any atom is -0.340 e. The number of aromatic amines is 1. The average Bonchev–Trinajstić information content (AvgIpc) is 3.29. The standard InChI is InChI=1S/C20H23N5O/c1-14-6-4-11-21-15(14)10-12-22-20(26)25-13-5-9-18(25)19-23-16-7-2-3-8-17(16)24-19/h2-4,6-8,11,18H,5,9-10,12-13H2,1H3,(H,22,26)(H,23,24). The number of likely N-dealkylation sites (tertiary alicyclic amines) is 1. The van der Waals surface area contributed by atoms with Gasteiger partial charge in [0.05, 0.1) is 17.1 Å². The van der Waals surface area contributed by atoms with Crippen molar-refractivity contribution in [2.24, 2.45) is 0 Å². The molecular formula is C20H23N5O. The van der Waals surface area contributed by atoms with Crippen molar-refractivity contribution >= 4 is 17.1 Å². The van der Waals surface area contributed by atoms with E-state index in [2.05, 4.69) is 20.3 Å². The Bertz CT molecular complexity index is 886. The fourth-order valence-electron chi connectivity index (χ4n) is 3.59. The second kappa shape index (κ2) is 7.15. The third kappa shape index (κ3) is 3.27. The molecule has 1 unspecified atom stereocenters. The molecule has 2 aromatic heterocycles. The first-order chi connectivity index (χ1) is 12.7. The van der Waals surface area contributed by atoms with Gasteiger partial charge in [0.15, 0.2) is 0 Å². The molecule has 6 nitrogen and oxygen atoms in total. The number of amides is 2. The first kappa shape index (κ1) is 16.6. The summed E-state index contributed by atoms with van der Waals surface area (Å²) in [6, 6.07) is 11.9. The van der Waals surface area contributed by atoms with Gasteiger partial charge < -0.3 is 15.2 Å². The monoisotopic (exact) mass is 349 g/mol. The highest BCUT2D eigenvalue weighted by Crippen LogP contribution is 2.31. The number of fused-ring (bicyclic) bond motifs is 1. The largest absolute Gasteiger partial charge is 0.340 e. The molecule has 134 valence electrons. The lowest BCUT2D eigenvalue weighted by Gasteiger charge is -2.23. The molecular weight excluding hydrogens is 326 g/mol. The number of rotatable bonds is 4. The zero-order valence-corrected chi connectivity index (χ0v) is 14.9. The van der Waals surface area contributed by atoms with Crippen LogP contribution in [-0.2, 0) is 6.42 Å². The maximum absolute atomic E-state index is 12.7. The first-order valence-electron chi connectivity index (χ1n) is 9.12. The minimum atomic E-state index is -0.0264. The van der Waals surface area contributed by atoms with Gasteiger partial charge in [-0.3, -0.25) is 4.98 Å². The number of para-hydroxylation sites is 2. The Morgan fingerprint density at radius 2 is 2.19 bits per heavy atom. The van der Waals surface area contributed by atoms with Crippen LogP contribution in [0.15, 0.2) is 42.6 Å². The third-order valence-corrected chi connectivity index (χ3v) is 4.99. The van der Waals surface area contributed by atoms with Crippen molar-refractivity contribution in [2.75, 3.05) is 13.1 Å². The summed E-state index contributed by atoms with van der Waals surface area (Å²) in [6.45, 7) is 3.39. The Morgan fingerprint density at radius 3 is 3.04 bits per heavy atom. The summed E-state index contributed by atoms with van der Waals surface area (Å²) in [5, 5.41) is 3.04. The number of pyridine rings is 1. The molecule has 1 aliphatic rings. The van der Waals surface area contributed by atoms with E-state index in [1.165, 1.54) is 0 Å². The number of imidazole rings is 1. The van der Waals surface area contributed by atoms with Crippen molar-refractivity contribution in [2.45, 2.75) is 32.2 Å². The Balaban J connectivity index is 1.41. The summed E-state index contributed by atoms with van der Waals surface area (Å²) in [5.74, 6) is 0.874. The molecule has 0 aliphatic carbocycles. The van der Waals surface area contributed by atoms with Gasteiger partial charge in [-0.15, -0.1) is 0 Å². The molecule has 2 amide bonds. The van der Waals surface area contributed by atoms with Gasteiger partial charge in [0.2, 0.25) is 0 Å². The maximum Gasteiger partial charge on any atom is 0.318 e. The van der Waals surface area contributed by atoms with E-state index in [0.717, 1.165) is 53.9 Å². The second-order valence-electron chi connectivity index (χ2n) is 6.74. The van der Waals surface area contributed by atoms with Crippen LogP contribution in [0.3, 0.4) is 0 Å². The Labute approximate surface area is 152 Å². The molecule has 26 heavy (non-hydrogen) atoms. The first-order valence-corrected chi connectivity index (χ1v) is 9.12. The van der Waals surface area contributed by atoms with E-state index in [9.17, 15) is 4.79 Å². The molecule has 2 N–H and O–H groups in total. The van der Waals surface area contributed by atoms with Crippen LogP contribution >= 0.6 is 0 Å². The lowest BCUT2D eigenvalue weighted by Crippen LogP contribution is -2.40. The van der Waals surface area contributed by atoms with E-state index in [1.807, 2.05) is 48.2 Å². The molecule has 1 saturated heterocycles. The maximum atomic E-state index is 12.7. The number of carbonyl (C=O) groups is 1. The summed E-state index contributed by atoms with van der Waals surface area (Å²) in [4.78, 5) is 27.0. The van der Waals surface area contributed by atoms with Gasteiger partial charge in [0, 0.05) is 31.4 Å². The molecule has 3 heterocycles. The molecule has 3 aromatic rings. The number of nitrogens with zero attached hydrogens (tertiary/aromatic N) is 3. The van der Waals surface area contributed by atoms with Gasteiger partial charge in [-0.2, -0.15) is 0 Å². The van der Waals surface area contributed by atoms with Crippen molar-refractivity contribution in [3.63, 3.8) is 0 Å². The summed E-state index contributed by atoms with van der Waals surface area (Å²) in [7, 11) is 0. The summed E-state index contributed by atoms with van der Waals surface area (Å²) < 4.78 is 0. The predicted octanol–water partition coefficient (Wildman–Crippen LogP) is 3.36. The van der Waals surface area contributed by atoms with Gasteiger partial charge in [-0.05, 0) is 43.5 Å². The average molecular weight is 349 g/mol. The van der Waals surface area contributed by atoms with Crippen molar-refractivity contribution in [1.82, 2.24) is 25.2 Å². The van der Waals surface area contributed by atoms with Crippen LogP contribution in [0.1, 0.15) is 36.0 Å². The van der Waals surface area contributed by atoms with Gasteiger partial charge in [0.25, 0.3) is 0 Å². The van der Waals surface area contributed by atoms with Crippen LogP contribution in [0.5, 0.6) is 0 Å². The lowest BCUT2D eigenvalue weighted by atomic mass is 10.2. The number of nitrogens with one attached hydrogen (secondary N) is 2. The SMILES string of the molecule is Cc1cccnc1CCNC(=O)N1CCCC1c1nc2ccccc2[nH]1. The zero-order chi connectivity index (χ0) is 17.9. The lowest BCUT2D eigenvalue weighted by molar-refractivity contribution is 0.191. The van der Waals surface area contributed by atoms with Crippen LogP contribution in [-0.4, -0.2) is 39.0 Å². The van der Waals surface area contributed by atoms with Crippen LogP contribution in [0.2, 0.25) is 0 Å². The number of benzene rings is 1. The minimum absolute atomic E-state index is 0.0130. The van der Waals surface area contributed by atoms with Crippen LogP contribution in [0.25, 0.3) is 11.0 Å². The summed E-state index contributed by atoms with van der Waals surface area (Å²) in [5.41, 5.74) is 4.15. The zero-order valence-electron chi connectivity index (χ0n) is 14.9. The number of aromatic nitrogens is 3. The number of carbonyl (C=O) groups excluding carboxylic acids is 1. The highest BCUT2D eigenvalue weighted by molar-refractivity contribution is 5.77. The Hall–Kier alpha value is -2.89. The number of aryl methyl sites for hydroxylation is 1. The molecule has 1 atom stereocenters. The van der Waals surface area contributed by atoms with E-state index >= 15 is 0 Å². The molecule has 0 radical (unpaired) electrons. The normalized spacial score (nSPS) is 17.0. The molecule has 0 bridgehead atoms. The van der Waals surface area contributed by atoms with Crippen molar-refractivity contribution in [1.29, 1.82) is 0 Å². The summed E-state index contributed by atoms with van der Waals surface area (Å²) in [6.07, 6.45) is 4.46. The quantitative estimate of drug-likeness (QED) is 0.758. The van der Waals surface area contributed by atoms with E-state index in [0.29, 0.717) is 6.54 Å². The summed E-state index contributed by atoms with van der Waals surface area (Å²) >= 11 is 0. The number of hydrogen-bond acceptors (Lipinski definition) is 3. The van der Waals surface area contributed by atoms with Gasteiger partial charge in [0.1, 0.15) is 5.82 Å². The fraction of sp³-hybridized carbons (Fsp3) is 0.350. The molecule has 1 aliphatic heterocycles. The van der Waals surface area contributed by atoms with Gasteiger partial charge >= 0.3 is 6.03 Å². The Kier molecular flexibility index (Phi) is 4.56. The van der Waals surface area contributed by atoms with Gasteiger partial charge in [-0.1, -0.05) is 18.2 Å². The molecule has 1 fully saturated rings. The molecule has 1 aromatic carbocycles. The van der Waals surface area contributed by atoms with Crippen LogP contribution < -0.4 is 5.32 Å². The van der Waals surface area contributed by atoms with E-state index in [4.69, 9.17) is 0 Å².